The van der Waals surface area contributed by atoms with Crippen LogP contribution in [0.1, 0.15) is 80.0 Å². The first-order valence-corrected chi connectivity index (χ1v) is 19.6. The van der Waals surface area contributed by atoms with Crippen LogP contribution in [-0.2, 0) is 10.8 Å². The Balaban J connectivity index is 1.21. The van der Waals surface area contributed by atoms with Gasteiger partial charge in [0.05, 0.1) is 0 Å². The highest BCUT2D eigenvalue weighted by atomic mass is 15.2. The Morgan fingerprint density at radius 1 is 0.519 bits per heavy atom. The van der Waals surface area contributed by atoms with Gasteiger partial charge in [-0.2, -0.15) is 0 Å². The SMILES string of the molecule is Cc1ccccc1N(c1ccccc1)c1cc(C)c2c(c1)C(C)(C)c1c-2ccc2c1C(C)(C)c1cc(N(C3=CC=CCC3C)c3ccccc3)cc(C)c1-2. The number of fused-ring (bicyclic) bond motifs is 7. The predicted octanol–water partition coefficient (Wildman–Crippen LogP) is 14.3. The second-order valence-corrected chi connectivity index (χ2v) is 16.8. The molecule has 0 heterocycles. The van der Waals surface area contributed by atoms with E-state index in [2.05, 4.69) is 205 Å². The van der Waals surface area contributed by atoms with Gasteiger partial charge in [0.1, 0.15) is 0 Å². The van der Waals surface area contributed by atoms with Crippen molar-refractivity contribution in [2.75, 3.05) is 9.80 Å². The van der Waals surface area contributed by atoms with E-state index in [4.69, 9.17) is 0 Å². The lowest BCUT2D eigenvalue weighted by molar-refractivity contribution is 0.601. The minimum atomic E-state index is -0.203. The molecular formula is C52H50N2. The maximum Gasteiger partial charge on any atom is 0.0490 e. The molecule has 3 aliphatic carbocycles. The molecule has 0 saturated carbocycles. The van der Waals surface area contributed by atoms with Crippen molar-refractivity contribution in [2.24, 2.45) is 5.92 Å². The minimum absolute atomic E-state index is 0.196. The third-order valence-electron chi connectivity index (χ3n) is 12.5. The number of anilines is 5. The summed E-state index contributed by atoms with van der Waals surface area (Å²) in [5, 5.41) is 0. The third kappa shape index (κ3) is 5.07. The van der Waals surface area contributed by atoms with Crippen molar-refractivity contribution in [2.45, 2.75) is 72.6 Å². The van der Waals surface area contributed by atoms with E-state index in [0.717, 1.165) is 6.42 Å². The molecule has 1 unspecified atom stereocenters. The van der Waals surface area contributed by atoms with Crippen molar-refractivity contribution >= 4 is 28.4 Å². The van der Waals surface area contributed by atoms with Crippen LogP contribution in [0.15, 0.2) is 145 Å². The quantitative estimate of drug-likeness (QED) is 0.170. The zero-order valence-corrected chi connectivity index (χ0v) is 33.0. The van der Waals surface area contributed by atoms with Gasteiger partial charge in [0, 0.05) is 50.9 Å². The fourth-order valence-electron chi connectivity index (χ4n) is 9.95. The van der Waals surface area contributed by atoms with Gasteiger partial charge in [-0.15, -0.1) is 0 Å². The predicted molar refractivity (Wildman–Crippen MR) is 230 cm³/mol. The fraction of sp³-hybridized carbons (Fsp3) is 0.231. The molecule has 0 saturated heterocycles. The first kappa shape index (κ1) is 34.2. The summed E-state index contributed by atoms with van der Waals surface area (Å²) in [4.78, 5) is 4.94. The van der Waals surface area contributed by atoms with E-state index in [-0.39, 0.29) is 10.8 Å². The van der Waals surface area contributed by atoms with Crippen LogP contribution < -0.4 is 9.80 Å². The molecule has 0 aromatic heterocycles. The molecule has 0 fully saturated rings. The Hall–Kier alpha value is -5.60. The highest BCUT2D eigenvalue weighted by Gasteiger charge is 2.47. The van der Waals surface area contributed by atoms with E-state index in [1.807, 2.05) is 0 Å². The smallest absolute Gasteiger partial charge is 0.0490 e. The van der Waals surface area contributed by atoms with Gasteiger partial charge in [0.25, 0.3) is 0 Å². The Kier molecular flexibility index (Phi) is 7.91. The Bertz CT molecular complexity index is 2510. The van der Waals surface area contributed by atoms with Crippen LogP contribution in [0.25, 0.3) is 22.3 Å². The van der Waals surface area contributed by atoms with Crippen molar-refractivity contribution in [1.29, 1.82) is 0 Å². The van der Waals surface area contributed by atoms with Crippen LogP contribution in [0.4, 0.5) is 28.4 Å². The second kappa shape index (κ2) is 12.5. The van der Waals surface area contributed by atoms with E-state index in [1.165, 1.54) is 95.3 Å². The number of aryl methyl sites for hydroxylation is 3. The summed E-state index contributed by atoms with van der Waals surface area (Å²) in [6, 6.07) is 45.2. The number of benzene rings is 6. The molecule has 3 aliphatic rings. The standard InChI is InChI=1S/C52H50N2/c1-33-19-15-17-25-45(33)53(37-21-11-9-12-22-37)39-29-35(3)47-41-27-28-42-48-36(4)30-40(54(38-23-13-10-14-24-38)46-26-18-16-20-34(46)2)32-44(48)52(7,8)50(42)49(41)51(5,6)43(47)31-39/h9-19,21-32,34H,20H2,1-8H3. The number of nitrogens with zero attached hydrogens (tertiary/aromatic N) is 2. The molecule has 1 atom stereocenters. The van der Waals surface area contributed by atoms with E-state index in [0.29, 0.717) is 5.92 Å². The van der Waals surface area contributed by atoms with Crippen molar-refractivity contribution in [3.05, 3.63) is 184 Å². The molecular weight excluding hydrogens is 653 g/mol. The summed E-state index contributed by atoms with van der Waals surface area (Å²) in [5.41, 5.74) is 22.2. The Morgan fingerprint density at radius 3 is 1.52 bits per heavy atom. The third-order valence-corrected chi connectivity index (χ3v) is 12.5. The molecule has 2 heteroatoms. The van der Waals surface area contributed by atoms with E-state index >= 15 is 0 Å². The van der Waals surface area contributed by atoms with Gasteiger partial charge >= 0.3 is 0 Å². The molecule has 0 N–H and O–H groups in total. The lowest BCUT2D eigenvalue weighted by Crippen LogP contribution is -2.25. The molecule has 0 radical (unpaired) electrons. The highest BCUT2D eigenvalue weighted by Crippen LogP contribution is 2.61. The normalized spacial score (nSPS) is 17.0. The lowest BCUT2D eigenvalue weighted by atomic mass is 9.72. The Labute approximate surface area is 322 Å². The molecule has 268 valence electrons. The molecule has 0 bridgehead atoms. The van der Waals surface area contributed by atoms with Crippen LogP contribution >= 0.6 is 0 Å². The number of rotatable bonds is 6. The maximum absolute atomic E-state index is 2.51. The van der Waals surface area contributed by atoms with E-state index in [9.17, 15) is 0 Å². The van der Waals surface area contributed by atoms with Crippen molar-refractivity contribution in [3.8, 4) is 22.3 Å². The number of para-hydroxylation sites is 3. The largest absolute Gasteiger partial charge is 0.314 e. The van der Waals surface area contributed by atoms with Gasteiger partial charge in [0.2, 0.25) is 0 Å². The zero-order chi connectivity index (χ0) is 37.5. The first-order chi connectivity index (χ1) is 26.0. The molecule has 6 aromatic rings. The summed E-state index contributed by atoms with van der Waals surface area (Å²) in [6.45, 7) is 19.0. The molecule has 0 spiro atoms. The monoisotopic (exact) mass is 702 g/mol. The highest BCUT2D eigenvalue weighted by molar-refractivity contribution is 5.95. The average Bonchev–Trinajstić information content (AvgIpc) is 3.54. The van der Waals surface area contributed by atoms with Crippen molar-refractivity contribution in [3.63, 3.8) is 0 Å². The molecule has 9 rings (SSSR count). The van der Waals surface area contributed by atoms with Crippen molar-refractivity contribution in [1.82, 2.24) is 0 Å². The van der Waals surface area contributed by atoms with Gasteiger partial charge in [-0.05, 0) is 149 Å². The van der Waals surface area contributed by atoms with Gasteiger partial charge in [-0.25, -0.2) is 0 Å². The Morgan fingerprint density at radius 2 is 1.00 bits per heavy atom. The molecule has 54 heavy (non-hydrogen) atoms. The van der Waals surface area contributed by atoms with Gasteiger partial charge in [-0.1, -0.05) is 114 Å². The van der Waals surface area contributed by atoms with Crippen LogP contribution in [0, 0.1) is 26.7 Å². The van der Waals surface area contributed by atoms with Gasteiger partial charge < -0.3 is 9.80 Å². The van der Waals surface area contributed by atoms with Crippen LogP contribution in [0.3, 0.4) is 0 Å². The van der Waals surface area contributed by atoms with Gasteiger partial charge in [0.15, 0.2) is 0 Å². The number of allylic oxidation sites excluding steroid dienone is 4. The number of hydrogen-bond acceptors (Lipinski definition) is 2. The minimum Gasteiger partial charge on any atom is -0.314 e. The van der Waals surface area contributed by atoms with Crippen LogP contribution in [-0.4, -0.2) is 0 Å². The second-order valence-electron chi connectivity index (χ2n) is 16.8. The molecule has 0 amide bonds. The molecule has 0 aliphatic heterocycles. The van der Waals surface area contributed by atoms with Crippen LogP contribution in [0.2, 0.25) is 0 Å². The molecule has 6 aromatic carbocycles. The summed E-state index contributed by atoms with van der Waals surface area (Å²) in [7, 11) is 0. The van der Waals surface area contributed by atoms with Gasteiger partial charge in [-0.3, -0.25) is 0 Å². The fourth-order valence-corrected chi connectivity index (χ4v) is 9.95. The first-order valence-electron chi connectivity index (χ1n) is 19.6. The summed E-state index contributed by atoms with van der Waals surface area (Å²) in [5.74, 6) is 0.424. The van der Waals surface area contributed by atoms with Crippen molar-refractivity contribution < 1.29 is 0 Å². The zero-order valence-electron chi connectivity index (χ0n) is 33.0. The average molecular weight is 703 g/mol. The summed E-state index contributed by atoms with van der Waals surface area (Å²) < 4.78 is 0. The molecule has 2 nitrogen and oxygen atoms in total. The topological polar surface area (TPSA) is 6.48 Å². The van der Waals surface area contributed by atoms with E-state index < -0.39 is 0 Å². The lowest BCUT2D eigenvalue weighted by Gasteiger charge is -2.34. The summed E-state index contributed by atoms with van der Waals surface area (Å²) in [6.07, 6.45) is 7.87. The van der Waals surface area contributed by atoms with E-state index in [1.54, 1.807) is 0 Å². The maximum atomic E-state index is 2.51. The number of hydrogen-bond donors (Lipinski definition) is 0. The van der Waals surface area contributed by atoms with Crippen LogP contribution in [0.5, 0.6) is 0 Å². The summed E-state index contributed by atoms with van der Waals surface area (Å²) >= 11 is 0.